The molecule has 5 heteroatoms. The summed E-state index contributed by atoms with van der Waals surface area (Å²) < 4.78 is 5.76. The maximum absolute atomic E-state index is 12.6. The zero-order valence-corrected chi connectivity index (χ0v) is 13.1. The summed E-state index contributed by atoms with van der Waals surface area (Å²) in [7, 11) is 0. The van der Waals surface area contributed by atoms with Crippen molar-refractivity contribution in [1.82, 2.24) is 9.88 Å². The fourth-order valence-electron chi connectivity index (χ4n) is 2.78. The predicted molar refractivity (Wildman–Crippen MR) is 86.1 cm³/mol. The summed E-state index contributed by atoms with van der Waals surface area (Å²) in [5, 5.41) is 9.60. The number of phenolic OH excluding ortho intramolecular Hbond substituents is 1. The van der Waals surface area contributed by atoms with Crippen LogP contribution >= 0.6 is 0 Å². The fourth-order valence-corrected chi connectivity index (χ4v) is 2.78. The van der Waals surface area contributed by atoms with E-state index in [0.717, 1.165) is 16.7 Å². The van der Waals surface area contributed by atoms with E-state index in [1.54, 1.807) is 30.6 Å². The number of morpholine rings is 1. The third-order valence-corrected chi connectivity index (χ3v) is 4.14. The van der Waals surface area contributed by atoms with E-state index in [1.807, 2.05) is 24.0 Å². The minimum Gasteiger partial charge on any atom is -0.508 e. The van der Waals surface area contributed by atoms with Gasteiger partial charge in [0.1, 0.15) is 11.9 Å². The Morgan fingerprint density at radius 3 is 3.09 bits per heavy atom. The Bertz CT molecular complexity index is 702. The number of carbonyl (C=O) groups excluding carboxylic acids is 1. The van der Waals surface area contributed by atoms with Gasteiger partial charge in [0.15, 0.2) is 0 Å². The van der Waals surface area contributed by atoms with Gasteiger partial charge in [-0.05, 0) is 41.8 Å². The fraction of sp³-hybridized carbons (Fsp3) is 0.333. The second kappa shape index (κ2) is 6.79. The largest absolute Gasteiger partial charge is 0.508 e. The maximum atomic E-state index is 12.6. The normalized spacial score (nSPS) is 18.0. The van der Waals surface area contributed by atoms with Crippen LogP contribution in [0.25, 0.3) is 0 Å². The van der Waals surface area contributed by atoms with Gasteiger partial charge in [0.25, 0.3) is 0 Å². The van der Waals surface area contributed by atoms with Crippen LogP contribution in [-0.4, -0.2) is 40.6 Å². The summed E-state index contributed by atoms with van der Waals surface area (Å²) in [4.78, 5) is 18.5. The molecule has 0 unspecified atom stereocenters. The van der Waals surface area contributed by atoms with E-state index >= 15 is 0 Å². The molecular formula is C18H20N2O3. The van der Waals surface area contributed by atoms with Gasteiger partial charge in [0.2, 0.25) is 5.91 Å². The van der Waals surface area contributed by atoms with Crippen molar-refractivity contribution in [3.8, 4) is 5.75 Å². The molecular weight excluding hydrogens is 292 g/mol. The summed E-state index contributed by atoms with van der Waals surface area (Å²) >= 11 is 0. The highest BCUT2D eigenvalue weighted by Gasteiger charge is 2.25. The van der Waals surface area contributed by atoms with E-state index in [1.165, 1.54) is 0 Å². The van der Waals surface area contributed by atoms with Gasteiger partial charge in [0.05, 0.1) is 19.6 Å². The van der Waals surface area contributed by atoms with Gasteiger partial charge in [-0.1, -0.05) is 12.1 Å². The monoisotopic (exact) mass is 312 g/mol. The Balaban J connectivity index is 1.68. The zero-order chi connectivity index (χ0) is 16.2. The van der Waals surface area contributed by atoms with E-state index in [-0.39, 0.29) is 17.8 Å². The molecule has 1 aliphatic rings. The number of carbonyl (C=O) groups is 1. The minimum atomic E-state index is -0.196. The van der Waals surface area contributed by atoms with E-state index < -0.39 is 0 Å². The number of nitrogens with zero attached hydrogens (tertiary/aromatic N) is 2. The van der Waals surface area contributed by atoms with Crippen LogP contribution in [0.4, 0.5) is 0 Å². The molecule has 5 nitrogen and oxygen atoms in total. The number of aryl methyl sites for hydroxylation is 1. The Morgan fingerprint density at radius 1 is 1.43 bits per heavy atom. The summed E-state index contributed by atoms with van der Waals surface area (Å²) in [6, 6.07) is 8.90. The summed E-state index contributed by atoms with van der Waals surface area (Å²) in [5.41, 5.74) is 2.92. The topological polar surface area (TPSA) is 62.7 Å². The molecule has 1 aromatic carbocycles. The molecule has 1 aromatic heterocycles. The lowest BCUT2D eigenvalue weighted by Crippen LogP contribution is -2.43. The Hall–Kier alpha value is -2.40. The number of rotatable bonds is 3. The predicted octanol–water partition coefficient (Wildman–Crippen LogP) is 2.24. The molecule has 3 rings (SSSR count). The number of hydrogen-bond donors (Lipinski definition) is 1. The molecule has 120 valence electrons. The number of aromatic hydroxyl groups is 1. The van der Waals surface area contributed by atoms with Crippen molar-refractivity contribution in [3.63, 3.8) is 0 Å². The molecule has 1 atom stereocenters. The molecule has 0 bridgehead atoms. The molecule has 1 N–H and O–H groups in total. The van der Waals surface area contributed by atoms with E-state index in [2.05, 4.69) is 4.98 Å². The molecule has 1 aliphatic heterocycles. The quantitative estimate of drug-likeness (QED) is 0.944. The van der Waals surface area contributed by atoms with Gasteiger partial charge in [-0.25, -0.2) is 0 Å². The first-order chi connectivity index (χ1) is 11.1. The van der Waals surface area contributed by atoms with Crippen molar-refractivity contribution in [2.75, 3.05) is 19.7 Å². The van der Waals surface area contributed by atoms with Crippen LogP contribution in [0.1, 0.15) is 22.8 Å². The van der Waals surface area contributed by atoms with Crippen LogP contribution in [0.5, 0.6) is 5.75 Å². The van der Waals surface area contributed by atoms with Gasteiger partial charge >= 0.3 is 0 Å². The molecule has 2 heterocycles. The van der Waals surface area contributed by atoms with Crippen LogP contribution < -0.4 is 0 Å². The van der Waals surface area contributed by atoms with Crippen molar-refractivity contribution in [1.29, 1.82) is 0 Å². The van der Waals surface area contributed by atoms with Crippen molar-refractivity contribution in [3.05, 3.63) is 59.4 Å². The van der Waals surface area contributed by atoms with Gasteiger partial charge in [0, 0.05) is 18.9 Å². The number of aromatic nitrogens is 1. The number of ether oxygens (including phenoxy) is 1. The molecule has 0 spiro atoms. The third kappa shape index (κ3) is 3.68. The average Bonchev–Trinajstić information content (AvgIpc) is 2.57. The molecule has 1 saturated heterocycles. The molecule has 23 heavy (non-hydrogen) atoms. The van der Waals surface area contributed by atoms with E-state index in [0.29, 0.717) is 26.1 Å². The smallest absolute Gasteiger partial charge is 0.227 e. The molecule has 1 fully saturated rings. The van der Waals surface area contributed by atoms with Gasteiger partial charge < -0.3 is 14.7 Å². The second-order valence-electron chi connectivity index (χ2n) is 5.77. The lowest BCUT2D eigenvalue weighted by atomic mass is 10.1. The van der Waals surface area contributed by atoms with Crippen molar-refractivity contribution in [2.24, 2.45) is 0 Å². The highest BCUT2D eigenvalue weighted by Crippen LogP contribution is 2.25. The van der Waals surface area contributed by atoms with Crippen LogP contribution in [0.3, 0.4) is 0 Å². The van der Waals surface area contributed by atoms with E-state index in [9.17, 15) is 9.90 Å². The summed E-state index contributed by atoms with van der Waals surface area (Å²) in [5.74, 6) is 0.301. The van der Waals surface area contributed by atoms with Gasteiger partial charge in [-0.3, -0.25) is 9.78 Å². The number of hydrogen-bond acceptors (Lipinski definition) is 4. The Kier molecular flexibility index (Phi) is 4.57. The minimum absolute atomic E-state index is 0.0905. The SMILES string of the molecule is Cc1cnccc1CC(=O)N1CCO[C@@H](c2cccc(O)c2)C1. The van der Waals surface area contributed by atoms with Crippen molar-refractivity contribution < 1.29 is 14.6 Å². The van der Waals surface area contributed by atoms with Crippen LogP contribution in [0.15, 0.2) is 42.7 Å². The number of benzene rings is 1. The van der Waals surface area contributed by atoms with Crippen LogP contribution in [0.2, 0.25) is 0 Å². The van der Waals surface area contributed by atoms with Crippen molar-refractivity contribution >= 4 is 5.91 Å². The molecule has 1 amide bonds. The van der Waals surface area contributed by atoms with Gasteiger partial charge in [-0.2, -0.15) is 0 Å². The summed E-state index contributed by atoms with van der Waals surface area (Å²) in [6.45, 7) is 3.57. The second-order valence-corrected chi connectivity index (χ2v) is 5.77. The zero-order valence-electron chi connectivity index (χ0n) is 13.1. The highest BCUT2D eigenvalue weighted by atomic mass is 16.5. The van der Waals surface area contributed by atoms with Gasteiger partial charge in [-0.15, -0.1) is 0 Å². The molecule has 2 aromatic rings. The average molecular weight is 312 g/mol. The first-order valence-electron chi connectivity index (χ1n) is 7.71. The lowest BCUT2D eigenvalue weighted by Gasteiger charge is -2.33. The van der Waals surface area contributed by atoms with Crippen molar-refractivity contribution in [2.45, 2.75) is 19.4 Å². The standard InChI is InChI=1S/C18H20N2O3/c1-13-11-19-6-5-14(13)10-18(22)20-7-8-23-17(12-20)15-3-2-4-16(21)9-15/h2-6,9,11,17,21H,7-8,10,12H2,1H3/t17-/m1/s1. The Morgan fingerprint density at radius 2 is 2.30 bits per heavy atom. The summed E-state index contributed by atoms with van der Waals surface area (Å²) in [6.07, 6.45) is 3.67. The van der Waals surface area contributed by atoms with Crippen LogP contribution in [-0.2, 0) is 16.0 Å². The number of amides is 1. The third-order valence-electron chi connectivity index (χ3n) is 4.14. The van der Waals surface area contributed by atoms with Crippen LogP contribution in [0, 0.1) is 6.92 Å². The highest BCUT2D eigenvalue weighted by molar-refractivity contribution is 5.79. The first kappa shape index (κ1) is 15.5. The molecule has 0 saturated carbocycles. The maximum Gasteiger partial charge on any atom is 0.227 e. The lowest BCUT2D eigenvalue weighted by molar-refractivity contribution is -0.138. The number of phenols is 1. The Labute approximate surface area is 135 Å². The molecule has 0 radical (unpaired) electrons. The first-order valence-corrected chi connectivity index (χ1v) is 7.71. The molecule has 0 aliphatic carbocycles. The number of pyridine rings is 1. The van der Waals surface area contributed by atoms with E-state index in [4.69, 9.17) is 4.74 Å².